The van der Waals surface area contributed by atoms with Gasteiger partial charge in [-0.15, -0.1) is 12.6 Å². The molecule has 0 radical (unpaired) electrons. The van der Waals surface area contributed by atoms with E-state index in [-0.39, 0.29) is 5.78 Å². The summed E-state index contributed by atoms with van der Waals surface area (Å²) in [5, 5.41) is -0.602. The second kappa shape index (κ2) is 2.49. The third kappa shape index (κ3) is 1.80. The molecule has 1 unspecified atom stereocenters. The highest BCUT2D eigenvalue weighted by atomic mass is 32.1. The van der Waals surface area contributed by atoms with E-state index in [2.05, 4.69) is 12.6 Å². The molecule has 0 bridgehead atoms. The number of ketones is 1. The first-order valence-electron chi connectivity index (χ1n) is 2.42. The van der Waals surface area contributed by atoms with Crippen LogP contribution in [0.4, 0.5) is 0 Å². The van der Waals surface area contributed by atoms with Crippen LogP contribution in [0.3, 0.4) is 0 Å². The van der Waals surface area contributed by atoms with Gasteiger partial charge in [-0.3, -0.25) is 9.59 Å². The Kier molecular flexibility index (Phi) is 2.40. The van der Waals surface area contributed by atoms with Crippen LogP contribution in [-0.4, -0.2) is 16.4 Å². The molecule has 1 atom stereocenters. The fraction of sp³-hybridized carbons (Fsp3) is 0.600. The Morgan fingerprint density at radius 3 is 1.89 bits per heavy atom. The second-order valence-corrected chi connectivity index (χ2v) is 2.47. The Morgan fingerprint density at radius 1 is 1.56 bits per heavy atom. The van der Waals surface area contributed by atoms with Gasteiger partial charge in [-0.1, -0.05) is 0 Å². The number of rotatable bonds is 2. The minimum absolute atomic E-state index is 0.373. The smallest absolute Gasteiger partial charge is 0.213 e. The first kappa shape index (κ1) is 8.65. The molecule has 0 spiro atoms. The van der Waals surface area contributed by atoms with Crippen LogP contribution in [0.25, 0.3) is 0 Å². The van der Waals surface area contributed by atoms with Gasteiger partial charge in [0.2, 0.25) is 5.12 Å². The van der Waals surface area contributed by atoms with Gasteiger partial charge in [0, 0.05) is 0 Å². The number of Topliss-reactive ketones (excluding diaryl/α,β-unsaturated/α-hetero) is 1. The van der Waals surface area contributed by atoms with E-state index in [1.165, 1.54) is 13.8 Å². The van der Waals surface area contributed by atoms with Crippen molar-refractivity contribution in [3.05, 3.63) is 0 Å². The van der Waals surface area contributed by atoms with E-state index in [0.29, 0.717) is 0 Å². The fourth-order valence-electron chi connectivity index (χ4n) is 0.151. The maximum absolute atomic E-state index is 10.5. The quantitative estimate of drug-likeness (QED) is 0.418. The average molecular weight is 147 g/mol. The van der Waals surface area contributed by atoms with E-state index >= 15 is 0 Å². The van der Waals surface area contributed by atoms with Gasteiger partial charge in [-0.25, -0.2) is 0 Å². The molecule has 0 heterocycles. The maximum Gasteiger partial charge on any atom is 0.213 e. The van der Waals surface area contributed by atoms with Gasteiger partial charge >= 0.3 is 0 Å². The molecular weight excluding hydrogens is 138 g/mol. The summed E-state index contributed by atoms with van der Waals surface area (Å²) in [5.41, 5.74) is 3.81. The summed E-state index contributed by atoms with van der Waals surface area (Å²) in [7, 11) is 0. The van der Waals surface area contributed by atoms with Gasteiger partial charge in [-0.05, 0) is 13.8 Å². The second-order valence-electron chi connectivity index (χ2n) is 2.06. The molecule has 0 aliphatic rings. The van der Waals surface area contributed by atoms with Gasteiger partial charge < -0.3 is 5.73 Å². The SMILES string of the molecule is CC(=O)C(C)(N)C(=O)S. The zero-order valence-electron chi connectivity index (χ0n) is 5.34. The van der Waals surface area contributed by atoms with Crippen LogP contribution in [0.5, 0.6) is 0 Å². The summed E-state index contributed by atoms with van der Waals surface area (Å²) in [6, 6.07) is 0. The van der Waals surface area contributed by atoms with Crippen LogP contribution in [0, 0.1) is 0 Å². The summed E-state index contributed by atoms with van der Waals surface area (Å²) in [6.45, 7) is 2.60. The summed E-state index contributed by atoms with van der Waals surface area (Å²) >= 11 is 3.43. The Balaban J connectivity index is 4.38. The van der Waals surface area contributed by atoms with E-state index in [1.807, 2.05) is 0 Å². The minimum atomic E-state index is -1.41. The first-order chi connectivity index (χ1) is 3.89. The molecule has 4 heteroatoms. The lowest BCUT2D eigenvalue weighted by atomic mass is 10.0. The molecule has 0 amide bonds. The Labute approximate surface area is 59.0 Å². The van der Waals surface area contributed by atoms with Crippen molar-refractivity contribution in [3.8, 4) is 0 Å². The van der Waals surface area contributed by atoms with Crippen molar-refractivity contribution in [1.82, 2.24) is 0 Å². The lowest BCUT2D eigenvalue weighted by Crippen LogP contribution is -2.48. The summed E-state index contributed by atoms with van der Waals surface area (Å²) in [4.78, 5) is 20.9. The largest absolute Gasteiger partial charge is 0.312 e. The molecule has 0 aromatic rings. The summed E-state index contributed by atoms with van der Waals surface area (Å²) < 4.78 is 0. The molecule has 0 aromatic carbocycles. The zero-order valence-corrected chi connectivity index (χ0v) is 6.24. The number of hydrogen-bond donors (Lipinski definition) is 2. The third-order valence-electron chi connectivity index (χ3n) is 1.18. The average Bonchev–Trinajstić information content (AvgIpc) is 1.65. The molecule has 2 N–H and O–H groups in total. The highest BCUT2D eigenvalue weighted by Gasteiger charge is 2.30. The Hall–Kier alpha value is -0.350. The number of carbonyl (C=O) groups is 2. The predicted octanol–water partition coefficient (Wildman–Crippen LogP) is -0.251. The van der Waals surface area contributed by atoms with Crippen molar-refractivity contribution in [2.75, 3.05) is 0 Å². The molecule has 0 saturated heterocycles. The molecule has 9 heavy (non-hydrogen) atoms. The molecule has 0 fully saturated rings. The standard InChI is InChI=1S/C5H9NO2S/c1-3(7)5(2,6)4(8)9/h6H2,1-2H3,(H,8,9). The lowest BCUT2D eigenvalue weighted by molar-refractivity contribution is -0.127. The highest BCUT2D eigenvalue weighted by Crippen LogP contribution is 2.04. The van der Waals surface area contributed by atoms with Crippen LogP contribution < -0.4 is 5.73 Å². The van der Waals surface area contributed by atoms with Crippen molar-refractivity contribution < 1.29 is 9.59 Å². The Bertz CT molecular complexity index is 137. The monoisotopic (exact) mass is 147 g/mol. The van der Waals surface area contributed by atoms with E-state index in [0.717, 1.165) is 0 Å². The van der Waals surface area contributed by atoms with Gasteiger partial charge in [-0.2, -0.15) is 0 Å². The van der Waals surface area contributed by atoms with Gasteiger partial charge in [0.15, 0.2) is 5.78 Å². The number of hydrogen-bond acceptors (Lipinski definition) is 3. The zero-order chi connectivity index (χ0) is 7.65. The van der Waals surface area contributed by atoms with Crippen LogP contribution in [-0.2, 0) is 9.59 Å². The van der Waals surface area contributed by atoms with Crippen molar-refractivity contribution >= 4 is 23.5 Å². The molecule has 0 aliphatic heterocycles. The molecule has 0 saturated carbocycles. The van der Waals surface area contributed by atoms with Crippen molar-refractivity contribution in [2.24, 2.45) is 5.73 Å². The Morgan fingerprint density at radius 2 is 1.89 bits per heavy atom. The van der Waals surface area contributed by atoms with Gasteiger partial charge in [0.05, 0.1) is 0 Å². The number of thiol groups is 1. The van der Waals surface area contributed by atoms with Crippen molar-refractivity contribution in [3.63, 3.8) is 0 Å². The lowest BCUT2D eigenvalue weighted by Gasteiger charge is -2.14. The number of nitrogens with two attached hydrogens (primary N) is 1. The van der Waals surface area contributed by atoms with Crippen molar-refractivity contribution in [2.45, 2.75) is 19.4 Å². The van der Waals surface area contributed by atoms with Crippen molar-refractivity contribution in [1.29, 1.82) is 0 Å². The van der Waals surface area contributed by atoms with E-state index < -0.39 is 10.7 Å². The minimum Gasteiger partial charge on any atom is -0.312 e. The molecule has 0 aromatic heterocycles. The van der Waals surface area contributed by atoms with E-state index in [9.17, 15) is 9.59 Å². The van der Waals surface area contributed by atoms with E-state index in [4.69, 9.17) is 5.73 Å². The summed E-state index contributed by atoms with van der Waals surface area (Å²) in [6.07, 6.45) is 0. The van der Waals surface area contributed by atoms with Gasteiger partial charge in [0.1, 0.15) is 5.54 Å². The van der Waals surface area contributed by atoms with E-state index in [1.54, 1.807) is 0 Å². The molecule has 52 valence electrons. The van der Waals surface area contributed by atoms with Crippen LogP contribution in [0.1, 0.15) is 13.8 Å². The molecule has 3 nitrogen and oxygen atoms in total. The van der Waals surface area contributed by atoms with Crippen LogP contribution in [0.15, 0.2) is 0 Å². The normalized spacial score (nSPS) is 16.4. The van der Waals surface area contributed by atoms with Gasteiger partial charge in [0.25, 0.3) is 0 Å². The predicted molar refractivity (Wildman–Crippen MR) is 37.3 cm³/mol. The first-order valence-corrected chi connectivity index (χ1v) is 2.87. The number of carbonyl (C=O) groups excluding carboxylic acids is 2. The molecule has 0 aliphatic carbocycles. The molecular formula is C5H9NO2S. The topological polar surface area (TPSA) is 60.2 Å². The third-order valence-corrected chi connectivity index (χ3v) is 1.64. The highest BCUT2D eigenvalue weighted by molar-refractivity contribution is 7.97. The fourth-order valence-corrected chi connectivity index (χ4v) is 0.308. The molecule has 0 rings (SSSR count). The maximum atomic E-state index is 10.5. The van der Waals surface area contributed by atoms with Crippen LogP contribution in [0.2, 0.25) is 0 Å². The van der Waals surface area contributed by atoms with Crippen LogP contribution >= 0.6 is 12.6 Å². The summed E-state index contributed by atoms with van der Waals surface area (Å²) in [5.74, 6) is -0.373.